The molecular weight excluding hydrogens is 392 g/mol. The minimum atomic E-state index is -0.549. The number of benzene rings is 1. The summed E-state index contributed by atoms with van der Waals surface area (Å²) in [5.74, 6) is -0.494. The van der Waals surface area contributed by atoms with E-state index < -0.39 is 16.1 Å². The third-order valence-electron chi connectivity index (χ3n) is 5.19. The Labute approximate surface area is 174 Å². The van der Waals surface area contributed by atoms with Gasteiger partial charge in [-0.3, -0.25) is 29.6 Å². The van der Waals surface area contributed by atoms with Gasteiger partial charge in [-0.2, -0.15) is 0 Å². The number of thioether (sulfide) groups is 1. The third-order valence-corrected chi connectivity index (χ3v) is 6.38. The molecule has 3 rings (SSSR count). The standard InChI is InChI=1S/C20H26N4O4S/c1-3-21-20-23(14-7-5-4-6-8-14)19(26)17(29-20)12-18(25)22-15-10-9-13(2)11-16(15)24(27)28/h9-11,14,17H,3-8,12H2,1-2H3,(H,22,25)/t17-/m0/s1. The molecule has 0 unspecified atom stereocenters. The Morgan fingerprint density at radius 1 is 1.34 bits per heavy atom. The van der Waals surface area contributed by atoms with Crippen LogP contribution < -0.4 is 5.32 Å². The Morgan fingerprint density at radius 3 is 2.72 bits per heavy atom. The number of nitrogens with one attached hydrogen (secondary N) is 1. The van der Waals surface area contributed by atoms with E-state index in [-0.39, 0.29) is 29.7 Å². The number of carbonyl (C=O) groups is 2. The molecule has 1 atom stereocenters. The number of amidine groups is 1. The van der Waals surface area contributed by atoms with Gasteiger partial charge in [0.2, 0.25) is 11.8 Å². The van der Waals surface area contributed by atoms with Crippen LogP contribution >= 0.6 is 11.8 Å². The Kier molecular flexibility index (Phi) is 6.89. The molecule has 1 aromatic rings. The van der Waals surface area contributed by atoms with E-state index >= 15 is 0 Å². The molecule has 2 amide bonds. The van der Waals surface area contributed by atoms with Crippen LogP contribution in [-0.2, 0) is 9.59 Å². The second kappa shape index (κ2) is 9.39. The Balaban J connectivity index is 1.71. The number of amides is 2. The molecule has 1 saturated heterocycles. The van der Waals surface area contributed by atoms with E-state index in [1.54, 1.807) is 17.9 Å². The molecule has 9 heteroatoms. The summed E-state index contributed by atoms with van der Waals surface area (Å²) in [5, 5.41) is 14.0. The van der Waals surface area contributed by atoms with Gasteiger partial charge in [0.15, 0.2) is 5.17 Å². The van der Waals surface area contributed by atoms with Crippen molar-refractivity contribution in [3.05, 3.63) is 33.9 Å². The first-order valence-electron chi connectivity index (χ1n) is 9.99. The van der Waals surface area contributed by atoms with E-state index in [9.17, 15) is 19.7 Å². The van der Waals surface area contributed by atoms with Gasteiger partial charge in [-0.1, -0.05) is 37.1 Å². The van der Waals surface area contributed by atoms with Crippen LogP contribution in [-0.4, -0.2) is 44.6 Å². The van der Waals surface area contributed by atoms with Crippen LogP contribution in [0.15, 0.2) is 23.2 Å². The average molecular weight is 419 g/mol. The Bertz CT molecular complexity index is 836. The molecule has 1 aliphatic heterocycles. The molecule has 2 aliphatic rings. The fourth-order valence-electron chi connectivity index (χ4n) is 3.80. The molecule has 0 aromatic heterocycles. The highest BCUT2D eigenvalue weighted by atomic mass is 32.2. The minimum Gasteiger partial charge on any atom is -0.320 e. The highest BCUT2D eigenvalue weighted by Gasteiger charge is 2.42. The monoisotopic (exact) mass is 418 g/mol. The van der Waals surface area contributed by atoms with Crippen molar-refractivity contribution in [2.45, 2.75) is 63.7 Å². The van der Waals surface area contributed by atoms with Crippen molar-refractivity contribution in [1.29, 1.82) is 0 Å². The van der Waals surface area contributed by atoms with Crippen LogP contribution in [0.4, 0.5) is 11.4 Å². The first-order chi connectivity index (χ1) is 13.9. The van der Waals surface area contributed by atoms with Gasteiger partial charge in [-0.25, -0.2) is 0 Å². The van der Waals surface area contributed by atoms with E-state index in [4.69, 9.17) is 0 Å². The summed E-state index contributed by atoms with van der Waals surface area (Å²) in [4.78, 5) is 42.6. The second-order valence-corrected chi connectivity index (χ2v) is 8.56. The maximum Gasteiger partial charge on any atom is 0.293 e. The normalized spacial score (nSPS) is 21.6. The summed E-state index contributed by atoms with van der Waals surface area (Å²) in [6, 6.07) is 4.80. The first-order valence-corrected chi connectivity index (χ1v) is 10.9. The van der Waals surface area contributed by atoms with Crippen LogP contribution in [0.1, 0.15) is 51.0 Å². The number of rotatable bonds is 6. The lowest BCUT2D eigenvalue weighted by Crippen LogP contribution is -2.42. The van der Waals surface area contributed by atoms with Crippen molar-refractivity contribution in [2.24, 2.45) is 4.99 Å². The van der Waals surface area contributed by atoms with Crippen LogP contribution in [0.3, 0.4) is 0 Å². The number of nitrogens with zero attached hydrogens (tertiary/aromatic N) is 3. The first kappa shape index (κ1) is 21.3. The summed E-state index contributed by atoms with van der Waals surface area (Å²) < 4.78 is 0. The SMILES string of the molecule is CCN=C1S[C@@H](CC(=O)Nc2ccc(C)cc2[N+](=O)[O-])C(=O)N1C1CCCCC1. The lowest BCUT2D eigenvalue weighted by molar-refractivity contribution is -0.384. The zero-order valence-electron chi connectivity index (χ0n) is 16.7. The van der Waals surface area contributed by atoms with E-state index in [0.717, 1.165) is 31.2 Å². The molecule has 29 heavy (non-hydrogen) atoms. The van der Waals surface area contributed by atoms with E-state index in [0.29, 0.717) is 11.7 Å². The number of hydrogen-bond acceptors (Lipinski definition) is 6. The lowest BCUT2D eigenvalue weighted by Gasteiger charge is -2.30. The molecule has 0 spiro atoms. The fourth-order valence-corrected chi connectivity index (χ4v) is 5.06. The molecule has 0 bridgehead atoms. The topological polar surface area (TPSA) is 105 Å². The van der Waals surface area contributed by atoms with Gasteiger partial charge in [-0.05, 0) is 38.3 Å². The van der Waals surface area contributed by atoms with Crippen molar-refractivity contribution >= 4 is 40.1 Å². The highest BCUT2D eigenvalue weighted by Crippen LogP contribution is 2.35. The summed E-state index contributed by atoms with van der Waals surface area (Å²) in [7, 11) is 0. The van der Waals surface area contributed by atoms with Gasteiger partial charge >= 0.3 is 0 Å². The zero-order valence-corrected chi connectivity index (χ0v) is 17.5. The van der Waals surface area contributed by atoms with Crippen LogP contribution in [0.25, 0.3) is 0 Å². The van der Waals surface area contributed by atoms with Gasteiger partial charge in [-0.15, -0.1) is 0 Å². The maximum absolute atomic E-state index is 13.0. The van der Waals surface area contributed by atoms with Crippen molar-refractivity contribution in [3.63, 3.8) is 0 Å². The third kappa shape index (κ3) is 4.95. The van der Waals surface area contributed by atoms with Crippen LogP contribution in [0.5, 0.6) is 0 Å². The molecule has 156 valence electrons. The Morgan fingerprint density at radius 2 is 2.07 bits per heavy atom. The molecular formula is C20H26N4O4S. The van der Waals surface area contributed by atoms with E-state index in [2.05, 4.69) is 10.3 Å². The van der Waals surface area contributed by atoms with Gasteiger partial charge in [0.1, 0.15) is 10.9 Å². The molecule has 2 fully saturated rings. The molecule has 8 nitrogen and oxygen atoms in total. The molecule has 1 heterocycles. The summed E-state index contributed by atoms with van der Waals surface area (Å²) >= 11 is 1.33. The average Bonchev–Trinajstić information content (AvgIpc) is 2.99. The second-order valence-electron chi connectivity index (χ2n) is 7.39. The molecule has 1 N–H and O–H groups in total. The smallest absolute Gasteiger partial charge is 0.293 e. The Hall–Kier alpha value is -2.42. The number of aryl methyl sites for hydroxylation is 1. The largest absolute Gasteiger partial charge is 0.320 e. The zero-order chi connectivity index (χ0) is 21.0. The number of anilines is 1. The van der Waals surface area contributed by atoms with Crippen molar-refractivity contribution in [3.8, 4) is 0 Å². The molecule has 0 radical (unpaired) electrons. The molecule has 1 aromatic carbocycles. The number of hydrogen-bond donors (Lipinski definition) is 1. The predicted molar refractivity (Wildman–Crippen MR) is 114 cm³/mol. The van der Waals surface area contributed by atoms with E-state index in [1.807, 2.05) is 6.92 Å². The summed E-state index contributed by atoms with van der Waals surface area (Å²) in [6.45, 7) is 4.25. The van der Waals surface area contributed by atoms with Gasteiger partial charge in [0.05, 0.1) is 4.92 Å². The van der Waals surface area contributed by atoms with Gasteiger partial charge < -0.3 is 5.32 Å². The van der Waals surface area contributed by atoms with Gasteiger partial charge in [0.25, 0.3) is 5.69 Å². The summed E-state index contributed by atoms with van der Waals surface area (Å²) in [5.41, 5.74) is 0.730. The maximum atomic E-state index is 13.0. The van der Waals surface area contributed by atoms with Crippen molar-refractivity contribution in [1.82, 2.24) is 4.90 Å². The van der Waals surface area contributed by atoms with Crippen LogP contribution in [0.2, 0.25) is 0 Å². The van der Waals surface area contributed by atoms with Crippen molar-refractivity contribution in [2.75, 3.05) is 11.9 Å². The number of aliphatic imine (C=N–C) groups is 1. The summed E-state index contributed by atoms with van der Waals surface area (Å²) in [6.07, 6.45) is 5.27. The number of nitro groups is 1. The molecule has 1 saturated carbocycles. The van der Waals surface area contributed by atoms with Gasteiger partial charge in [0, 0.05) is 25.1 Å². The number of nitro benzene ring substituents is 1. The fraction of sp³-hybridized carbons (Fsp3) is 0.550. The minimum absolute atomic E-state index is 0.0412. The predicted octanol–water partition coefficient (Wildman–Crippen LogP) is 3.88. The van der Waals surface area contributed by atoms with Crippen LogP contribution in [0, 0.1) is 17.0 Å². The quantitative estimate of drug-likeness (QED) is 0.557. The number of carbonyl (C=O) groups excluding carboxylic acids is 2. The lowest BCUT2D eigenvalue weighted by atomic mass is 9.94. The van der Waals surface area contributed by atoms with E-state index in [1.165, 1.54) is 30.3 Å². The molecule has 1 aliphatic carbocycles. The van der Waals surface area contributed by atoms with Crippen molar-refractivity contribution < 1.29 is 14.5 Å². The highest BCUT2D eigenvalue weighted by molar-refractivity contribution is 8.15.